The number of hydrogen-bond donors (Lipinski definition) is 1. The van der Waals surface area contributed by atoms with Crippen molar-refractivity contribution in [2.45, 2.75) is 0 Å². The minimum Gasteiger partial charge on any atom is -0.301 e. The van der Waals surface area contributed by atoms with Crippen molar-refractivity contribution < 1.29 is 17.4 Å². The zero-order chi connectivity index (χ0) is 6.74. The molecule has 0 radical (unpaired) electrons. The smallest absolute Gasteiger partial charge is 0.301 e. The maximum absolute atomic E-state index is 10.5. The van der Waals surface area contributed by atoms with Gasteiger partial charge in [-0.25, -0.2) is 12.5 Å². The fourth-order valence-corrected chi connectivity index (χ4v) is 6.26. The highest BCUT2D eigenvalue weighted by atomic mass is 33.7. The SMILES string of the molecule is O=P1(O)OSSSSO1. The second-order valence-electron chi connectivity index (χ2n) is 0.890. The fraction of sp³-hybridized carbons (Fsp3) is 0. The average molecular weight is 224 g/mol. The summed E-state index contributed by atoms with van der Waals surface area (Å²) in [4.78, 5) is 8.60. The van der Waals surface area contributed by atoms with E-state index in [1.54, 1.807) is 0 Å². The molecular weight excluding hydrogens is 223 g/mol. The third kappa shape index (κ3) is 3.43. The van der Waals surface area contributed by atoms with Crippen LogP contribution in [0.1, 0.15) is 0 Å². The fourth-order valence-electron chi connectivity index (χ4n) is 0.137. The summed E-state index contributed by atoms with van der Waals surface area (Å²) >= 11 is 1.69. The van der Waals surface area contributed by atoms with Gasteiger partial charge in [-0.05, 0) is 0 Å². The van der Waals surface area contributed by atoms with Crippen molar-refractivity contribution in [3.8, 4) is 0 Å². The molecule has 0 aromatic carbocycles. The van der Waals surface area contributed by atoms with Crippen LogP contribution in [0.5, 0.6) is 0 Å². The molecular formula is HO4PS4. The molecule has 0 saturated carbocycles. The lowest BCUT2D eigenvalue weighted by atomic mass is 15.7. The van der Waals surface area contributed by atoms with E-state index in [1.807, 2.05) is 0 Å². The molecule has 0 unspecified atom stereocenters. The Balaban J connectivity index is 2.45. The molecule has 54 valence electrons. The van der Waals surface area contributed by atoms with Gasteiger partial charge in [0.05, 0.1) is 22.1 Å². The molecule has 1 rings (SSSR count). The summed E-state index contributed by atoms with van der Waals surface area (Å²) in [6.45, 7) is 0. The number of hydrogen-bond acceptors (Lipinski definition) is 7. The van der Waals surface area contributed by atoms with E-state index in [9.17, 15) is 4.57 Å². The highest BCUT2D eigenvalue weighted by Gasteiger charge is 2.26. The van der Waals surface area contributed by atoms with Gasteiger partial charge in [-0.3, -0.25) is 0 Å². The molecule has 1 aliphatic rings. The van der Waals surface area contributed by atoms with Crippen LogP contribution in [0.3, 0.4) is 0 Å². The molecule has 0 atom stereocenters. The number of rotatable bonds is 0. The molecule has 0 spiro atoms. The molecule has 1 fully saturated rings. The first-order valence-corrected chi connectivity index (χ1v) is 7.74. The average Bonchev–Trinajstić information content (AvgIpc) is 1.92. The lowest BCUT2D eigenvalue weighted by Crippen LogP contribution is -1.76. The summed E-state index contributed by atoms with van der Waals surface area (Å²) in [5.74, 6) is 0. The van der Waals surface area contributed by atoms with E-state index in [1.165, 1.54) is 19.7 Å². The van der Waals surface area contributed by atoms with Crippen molar-refractivity contribution in [2.24, 2.45) is 0 Å². The van der Waals surface area contributed by atoms with Gasteiger partial charge in [-0.15, -0.1) is 0 Å². The van der Waals surface area contributed by atoms with E-state index in [-0.39, 0.29) is 0 Å². The predicted molar refractivity (Wildman–Crippen MR) is 42.4 cm³/mol. The summed E-state index contributed by atoms with van der Waals surface area (Å²) in [5.41, 5.74) is 0. The van der Waals surface area contributed by atoms with Gasteiger partial charge in [0.25, 0.3) is 0 Å². The zero-order valence-electron chi connectivity index (χ0n) is 3.75. The summed E-state index contributed by atoms with van der Waals surface area (Å²) in [7, 11) is -1.28. The molecule has 0 bridgehead atoms. The first kappa shape index (κ1) is 8.61. The van der Waals surface area contributed by atoms with Gasteiger partial charge >= 0.3 is 7.82 Å². The Morgan fingerprint density at radius 1 is 1.22 bits per heavy atom. The minimum absolute atomic E-state index is 0.843. The van der Waals surface area contributed by atoms with E-state index < -0.39 is 7.82 Å². The van der Waals surface area contributed by atoms with Crippen molar-refractivity contribution in [2.75, 3.05) is 0 Å². The van der Waals surface area contributed by atoms with E-state index in [4.69, 9.17) is 4.89 Å². The van der Waals surface area contributed by atoms with Crippen LogP contribution in [0.25, 0.3) is 0 Å². The third-order valence-electron chi connectivity index (χ3n) is 0.333. The topological polar surface area (TPSA) is 55.8 Å². The predicted octanol–water partition coefficient (Wildman–Crippen LogP) is 2.64. The molecule has 1 saturated heterocycles. The van der Waals surface area contributed by atoms with Crippen LogP contribution in [0.2, 0.25) is 0 Å². The van der Waals surface area contributed by atoms with Crippen LogP contribution in [-0.4, -0.2) is 4.89 Å². The highest BCUT2D eigenvalue weighted by molar-refractivity contribution is 9.25. The third-order valence-corrected chi connectivity index (χ3v) is 7.09. The molecule has 0 aromatic rings. The summed E-state index contributed by atoms with van der Waals surface area (Å²) in [6.07, 6.45) is 0. The standard InChI is InChI=1S/HO4PS4/c1-5(2)3-6-8-9-7-4-5/h(H,1,2). The minimum atomic E-state index is -3.75. The maximum Gasteiger partial charge on any atom is 0.496 e. The van der Waals surface area contributed by atoms with Crippen LogP contribution in [0, 0.1) is 0 Å². The van der Waals surface area contributed by atoms with Gasteiger partial charge in [0.2, 0.25) is 0 Å². The molecule has 1 N–H and O–H groups in total. The van der Waals surface area contributed by atoms with Gasteiger partial charge in [0.15, 0.2) is 0 Å². The van der Waals surface area contributed by atoms with E-state index in [0.29, 0.717) is 0 Å². The Morgan fingerprint density at radius 3 is 2.11 bits per heavy atom. The monoisotopic (exact) mass is 224 g/mol. The van der Waals surface area contributed by atoms with Crippen molar-refractivity contribution in [3.05, 3.63) is 0 Å². The van der Waals surface area contributed by atoms with Crippen molar-refractivity contribution in [1.29, 1.82) is 0 Å². The maximum atomic E-state index is 10.5. The molecule has 0 amide bonds. The quantitative estimate of drug-likeness (QED) is 0.383. The molecule has 1 aliphatic heterocycles. The zero-order valence-corrected chi connectivity index (χ0v) is 7.91. The van der Waals surface area contributed by atoms with E-state index in [2.05, 4.69) is 7.94 Å². The summed E-state index contributed by atoms with van der Waals surface area (Å²) < 4.78 is 19.1. The lowest BCUT2D eigenvalue weighted by Gasteiger charge is -2.00. The second-order valence-corrected chi connectivity index (χ2v) is 7.65. The van der Waals surface area contributed by atoms with Crippen LogP contribution in [0.15, 0.2) is 0 Å². The van der Waals surface area contributed by atoms with Gasteiger partial charge in [0.1, 0.15) is 0 Å². The Hall–Kier alpha value is 1.51. The van der Waals surface area contributed by atoms with Crippen molar-refractivity contribution in [3.63, 3.8) is 0 Å². The van der Waals surface area contributed by atoms with Crippen LogP contribution >= 0.6 is 49.6 Å². The van der Waals surface area contributed by atoms with E-state index in [0.717, 1.165) is 22.1 Å². The normalized spacial score (nSPS) is 27.2. The summed E-state index contributed by atoms with van der Waals surface area (Å²) in [5, 5.41) is 0. The highest BCUT2D eigenvalue weighted by Crippen LogP contribution is 2.62. The molecule has 4 nitrogen and oxygen atoms in total. The first-order chi connectivity index (χ1) is 4.21. The Labute approximate surface area is 67.0 Å². The molecule has 0 aliphatic carbocycles. The number of phosphoric acid groups is 1. The van der Waals surface area contributed by atoms with Crippen LogP contribution < -0.4 is 0 Å². The lowest BCUT2D eigenvalue weighted by molar-refractivity contribution is 0.326. The van der Waals surface area contributed by atoms with Crippen LogP contribution in [-0.2, 0) is 12.5 Å². The largest absolute Gasteiger partial charge is 0.496 e. The van der Waals surface area contributed by atoms with Crippen LogP contribution in [0.4, 0.5) is 0 Å². The molecule has 0 aromatic heterocycles. The molecule has 9 heavy (non-hydrogen) atoms. The van der Waals surface area contributed by atoms with E-state index >= 15 is 0 Å². The Kier molecular flexibility index (Phi) is 3.61. The van der Waals surface area contributed by atoms with Crippen molar-refractivity contribution >= 4 is 49.6 Å². The molecule has 9 heteroatoms. The second kappa shape index (κ2) is 3.77. The van der Waals surface area contributed by atoms with Gasteiger partial charge in [-0.1, -0.05) is 0 Å². The summed E-state index contributed by atoms with van der Waals surface area (Å²) in [6, 6.07) is 0. The van der Waals surface area contributed by atoms with Gasteiger partial charge < -0.3 is 4.89 Å². The van der Waals surface area contributed by atoms with Gasteiger partial charge in [0, 0.05) is 19.7 Å². The van der Waals surface area contributed by atoms with Crippen molar-refractivity contribution in [1.82, 2.24) is 0 Å². The Morgan fingerprint density at radius 2 is 1.67 bits per heavy atom. The first-order valence-electron chi connectivity index (χ1n) is 1.58. The Bertz CT molecular complexity index is 123. The molecule has 1 heterocycles. The van der Waals surface area contributed by atoms with Gasteiger partial charge in [-0.2, -0.15) is 0 Å².